The number of nitrogens with zero attached hydrogens (tertiary/aromatic N) is 1. The highest BCUT2D eigenvalue weighted by Gasteiger charge is 2.44. The monoisotopic (exact) mass is 377 g/mol. The third-order valence-electron chi connectivity index (χ3n) is 6.72. The van der Waals surface area contributed by atoms with Crippen LogP contribution in [0.2, 0.25) is 0 Å². The summed E-state index contributed by atoms with van der Waals surface area (Å²) in [5.41, 5.74) is 8.32. The van der Waals surface area contributed by atoms with Gasteiger partial charge in [-0.2, -0.15) is 0 Å². The van der Waals surface area contributed by atoms with Crippen LogP contribution in [0, 0.1) is 0 Å². The predicted molar refractivity (Wildman–Crippen MR) is 118 cm³/mol. The normalized spacial score (nSPS) is 17.1. The molecule has 6 rings (SSSR count). The van der Waals surface area contributed by atoms with Crippen molar-refractivity contribution in [3.05, 3.63) is 83.6 Å². The Morgan fingerprint density at radius 3 is 2.45 bits per heavy atom. The summed E-state index contributed by atoms with van der Waals surface area (Å²) in [5.74, 6) is 0.967. The van der Waals surface area contributed by atoms with E-state index in [0.717, 1.165) is 11.4 Å². The molecule has 0 radical (unpaired) electrons. The Bertz CT molecular complexity index is 1330. The second-order valence-electron chi connectivity index (χ2n) is 9.21. The molecule has 3 aromatic carbocycles. The molecule has 2 nitrogen and oxygen atoms in total. The van der Waals surface area contributed by atoms with E-state index in [-0.39, 0.29) is 5.41 Å². The van der Waals surface area contributed by atoms with Crippen LogP contribution in [0.5, 0.6) is 5.75 Å². The smallest absolute Gasteiger partial charge is 0.129 e. The van der Waals surface area contributed by atoms with E-state index in [2.05, 4.69) is 88.4 Å². The minimum atomic E-state index is -0.391. The quantitative estimate of drug-likeness (QED) is 0.335. The summed E-state index contributed by atoms with van der Waals surface area (Å²) in [5, 5.41) is 2.49. The van der Waals surface area contributed by atoms with E-state index in [1.165, 1.54) is 44.2 Å². The summed E-state index contributed by atoms with van der Waals surface area (Å²) < 4.78 is 6.54. The highest BCUT2D eigenvalue weighted by atomic mass is 16.5. The van der Waals surface area contributed by atoms with Crippen LogP contribution in [-0.2, 0) is 11.0 Å². The van der Waals surface area contributed by atoms with E-state index in [1.807, 2.05) is 6.20 Å². The fourth-order valence-electron chi connectivity index (χ4n) is 5.39. The number of rotatable bonds is 0. The summed E-state index contributed by atoms with van der Waals surface area (Å²) >= 11 is 0. The van der Waals surface area contributed by atoms with Crippen LogP contribution < -0.4 is 4.74 Å². The first kappa shape index (κ1) is 16.8. The van der Waals surface area contributed by atoms with E-state index >= 15 is 0 Å². The van der Waals surface area contributed by atoms with Gasteiger partial charge in [0.1, 0.15) is 11.4 Å². The van der Waals surface area contributed by atoms with E-state index < -0.39 is 5.60 Å². The number of hydrogen-bond donors (Lipinski definition) is 0. The molecule has 0 spiro atoms. The molecular weight excluding hydrogens is 354 g/mol. The molecule has 0 atom stereocenters. The zero-order valence-electron chi connectivity index (χ0n) is 17.2. The van der Waals surface area contributed by atoms with Crippen molar-refractivity contribution >= 4 is 10.8 Å². The molecule has 2 heteroatoms. The highest BCUT2D eigenvalue weighted by Crippen LogP contribution is 2.57. The van der Waals surface area contributed by atoms with Crippen LogP contribution in [0.1, 0.15) is 44.4 Å². The van der Waals surface area contributed by atoms with Gasteiger partial charge in [0.05, 0.1) is 5.69 Å². The molecule has 0 bridgehead atoms. The van der Waals surface area contributed by atoms with Crippen molar-refractivity contribution in [1.29, 1.82) is 0 Å². The number of benzene rings is 3. The van der Waals surface area contributed by atoms with Gasteiger partial charge in [0.2, 0.25) is 0 Å². The van der Waals surface area contributed by atoms with E-state index in [9.17, 15) is 0 Å². The minimum Gasteiger partial charge on any atom is -0.482 e. The predicted octanol–water partition coefficient (Wildman–Crippen LogP) is 6.84. The molecule has 0 N–H and O–H groups in total. The second-order valence-corrected chi connectivity index (χ2v) is 9.21. The summed E-state index contributed by atoms with van der Waals surface area (Å²) in [6, 6.07) is 21.7. The Labute approximate surface area is 171 Å². The number of fused-ring (bicyclic) bond motifs is 9. The maximum Gasteiger partial charge on any atom is 0.129 e. The molecule has 4 aromatic rings. The van der Waals surface area contributed by atoms with Gasteiger partial charge in [0.25, 0.3) is 0 Å². The van der Waals surface area contributed by atoms with Crippen LogP contribution in [0.15, 0.2) is 66.9 Å². The van der Waals surface area contributed by atoms with Gasteiger partial charge in [0, 0.05) is 28.3 Å². The molecule has 0 unspecified atom stereocenters. The molecule has 1 aliphatic carbocycles. The van der Waals surface area contributed by atoms with Crippen molar-refractivity contribution in [2.75, 3.05) is 0 Å². The fraction of sp³-hybridized carbons (Fsp3) is 0.222. The summed E-state index contributed by atoms with van der Waals surface area (Å²) in [6.07, 6.45) is 1.90. The van der Waals surface area contributed by atoms with Crippen molar-refractivity contribution in [3.63, 3.8) is 0 Å². The van der Waals surface area contributed by atoms with E-state index in [4.69, 9.17) is 9.72 Å². The maximum absolute atomic E-state index is 6.54. The molecule has 0 saturated carbocycles. The lowest BCUT2D eigenvalue weighted by molar-refractivity contribution is 0.106. The zero-order chi connectivity index (χ0) is 20.0. The highest BCUT2D eigenvalue weighted by molar-refractivity contribution is 6.04. The molecule has 2 heterocycles. The second kappa shape index (κ2) is 5.27. The first-order chi connectivity index (χ1) is 13.9. The minimum absolute atomic E-state index is 0.119. The molecule has 142 valence electrons. The van der Waals surface area contributed by atoms with Gasteiger partial charge in [-0.15, -0.1) is 0 Å². The molecule has 1 aromatic heterocycles. The summed E-state index contributed by atoms with van der Waals surface area (Å²) in [7, 11) is 0. The van der Waals surface area contributed by atoms with Gasteiger partial charge in [-0.1, -0.05) is 62.4 Å². The van der Waals surface area contributed by atoms with Gasteiger partial charge >= 0.3 is 0 Å². The maximum atomic E-state index is 6.54. The summed E-state index contributed by atoms with van der Waals surface area (Å²) in [4.78, 5) is 4.77. The number of hydrogen-bond acceptors (Lipinski definition) is 2. The lowest BCUT2D eigenvalue weighted by Crippen LogP contribution is -2.31. The van der Waals surface area contributed by atoms with Gasteiger partial charge in [-0.3, -0.25) is 4.98 Å². The first-order valence-corrected chi connectivity index (χ1v) is 10.2. The average molecular weight is 377 g/mol. The Kier molecular flexibility index (Phi) is 3.05. The van der Waals surface area contributed by atoms with Gasteiger partial charge in [0.15, 0.2) is 0 Å². The topological polar surface area (TPSA) is 22.1 Å². The van der Waals surface area contributed by atoms with Crippen LogP contribution in [-0.4, -0.2) is 4.98 Å². The van der Waals surface area contributed by atoms with Crippen molar-refractivity contribution in [2.24, 2.45) is 0 Å². The van der Waals surface area contributed by atoms with E-state index in [0.29, 0.717) is 0 Å². The largest absolute Gasteiger partial charge is 0.482 e. The van der Waals surface area contributed by atoms with Crippen molar-refractivity contribution in [2.45, 2.75) is 38.7 Å². The molecule has 1 aliphatic heterocycles. The third-order valence-corrected chi connectivity index (χ3v) is 6.72. The number of pyridine rings is 1. The van der Waals surface area contributed by atoms with Crippen molar-refractivity contribution < 1.29 is 4.74 Å². The standard InChI is InChI=1S/C27H23NO/c1-26(2)20-10-7-15-28-25(20)18-12-13-19-23(24(18)26)22-17-9-6-5-8-16(17)11-14-21(22)29-27(19,3)4/h5-15H,1-4H3. The van der Waals surface area contributed by atoms with Crippen LogP contribution in [0.3, 0.4) is 0 Å². The molecule has 0 saturated heterocycles. The number of ether oxygens (including phenoxy) is 1. The van der Waals surface area contributed by atoms with Gasteiger partial charge in [-0.05, 0) is 53.4 Å². The Balaban J connectivity index is 1.82. The SMILES string of the molecule is CC1(C)Oc2ccc3ccccc3c2-c2c1ccc1c2C(C)(C)c2cccnc2-1. The number of aromatic nitrogens is 1. The Morgan fingerprint density at radius 2 is 1.59 bits per heavy atom. The third kappa shape index (κ3) is 2.04. The Hall–Kier alpha value is -3.13. The van der Waals surface area contributed by atoms with Crippen LogP contribution in [0.25, 0.3) is 33.2 Å². The van der Waals surface area contributed by atoms with Crippen LogP contribution >= 0.6 is 0 Å². The van der Waals surface area contributed by atoms with Gasteiger partial charge in [-0.25, -0.2) is 0 Å². The summed E-state index contributed by atoms with van der Waals surface area (Å²) in [6.45, 7) is 8.99. The lowest BCUT2D eigenvalue weighted by atomic mass is 9.73. The fourth-order valence-corrected chi connectivity index (χ4v) is 5.39. The van der Waals surface area contributed by atoms with Crippen molar-refractivity contribution in [3.8, 4) is 28.1 Å². The van der Waals surface area contributed by atoms with Crippen LogP contribution in [0.4, 0.5) is 0 Å². The average Bonchev–Trinajstić information content (AvgIpc) is 2.95. The van der Waals surface area contributed by atoms with Crippen molar-refractivity contribution in [1.82, 2.24) is 4.98 Å². The molecule has 29 heavy (non-hydrogen) atoms. The molecule has 2 aliphatic rings. The molecule has 0 fully saturated rings. The first-order valence-electron chi connectivity index (χ1n) is 10.2. The Morgan fingerprint density at radius 1 is 0.759 bits per heavy atom. The van der Waals surface area contributed by atoms with Gasteiger partial charge < -0.3 is 4.74 Å². The molecular formula is C27H23NO. The molecule has 0 amide bonds. The lowest BCUT2D eigenvalue weighted by Gasteiger charge is -2.38. The zero-order valence-corrected chi connectivity index (χ0v) is 17.2. The van der Waals surface area contributed by atoms with E-state index in [1.54, 1.807) is 0 Å².